The van der Waals surface area contributed by atoms with Gasteiger partial charge in [-0.2, -0.15) is 4.98 Å². The van der Waals surface area contributed by atoms with Crippen LogP contribution in [0.5, 0.6) is 0 Å². The maximum atomic E-state index is 5.03. The highest BCUT2D eigenvalue weighted by Gasteiger charge is 2.11. The van der Waals surface area contributed by atoms with Gasteiger partial charge < -0.3 is 15.2 Å². The number of piperidine rings is 1. The molecule has 1 aromatic rings. The zero-order valence-electron chi connectivity index (χ0n) is 10.5. The zero-order valence-corrected chi connectivity index (χ0v) is 10.5. The summed E-state index contributed by atoms with van der Waals surface area (Å²) in [4.78, 5) is 4.15. The van der Waals surface area contributed by atoms with Gasteiger partial charge in [0.05, 0.1) is 6.54 Å². The first kappa shape index (κ1) is 12.5. The van der Waals surface area contributed by atoms with Crippen LogP contribution >= 0.6 is 0 Å². The molecule has 0 atom stereocenters. The molecule has 0 radical (unpaired) electrons. The molecule has 2 heterocycles. The molecule has 2 N–H and O–H groups in total. The van der Waals surface area contributed by atoms with Crippen LogP contribution in [0.1, 0.15) is 37.4 Å². The lowest BCUT2D eigenvalue weighted by Gasteiger charge is -2.22. The van der Waals surface area contributed by atoms with E-state index in [4.69, 9.17) is 4.52 Å². The molecule has 5 heteroatoms. The first-order chi connectivity index (χ1) is 8.34. The minimum atomic E-state index is 0.685. The quantitative estimate of drug-likeness (QED) is 0.730. The Balaban J connectivity index is 1.51. The van der Waals surface area contributed by atoms with Gasteiger partial charge in [-0.1, -0.05) is 5.16 Å². The van der Waals surface area contributed by atoms with Gasteiger partial charge in [-0.25, -0.2) is 0 Å². The SMILES string of the molecule is Cc1noc(CNCCCC2CCNCC2)n1. The maximum absolute atomic E-state index is 5.03. The van der Waals surface area contributed by atoms with E-state index in [1.54, 1.807) is 0 Å². The molecular formula is C12H22N4O. The van der Waals surface area contributed by atoms with Crippen LogP contribution in [0.25, 0.3) is 0 Å². The molecule has 0 aliphatic carbocycles. The number of nitrogens with one attached hydrogen (secondary N) is 2. The van der Waals surface area contributed by atoms with Crippen molar-refractivity contribution in [1.29, 1.82) is 0 Å². The number of nitrogens with zero attached hydrogens (tertiary/aromatic N) is 2. The summed E-state index contributed by atoms with van der Waals surface area (Å²) in [6.45, 7) is 5.95. The number of aromatic nitrogens is 2. The summed E-state index contributed by atoms with van der Waals surface area (Å²) in [6, 6.07) is 0. The Kier molecular flexibility index (Phi) is 4.94. The van der Waals surface area contributed by atoms with Crippen LogP contribution in [0.15, 0.2) is 4.52 Å². The van der Waals surface area contributed by atoms with Gasteiger partial charge in [0, 0.05) is 0 Å². The largest absolute Gasteiger partial charge is 0.338 e. The average Bonchev–Trinajstić information content (AvgIpc) is 2.76. The molecule has 0 spiro atoms. The molecule has 1 aromatic heterocycles. The average molecular weight is 238 g/mol. The van der Waals surface area contributed by atoms with Crippen LogP contribution in [-0.2, 0) is 6.54 Å². The minimum absolute atomic E-state index is 0.685. The number of rotatable bonds is 6. The van der Waals surface area contributed by atoms with Crippen LogP contribution in [0.4, 0.5) is 0 Å². The van der Waals surface area contributed by atoms with E-state index in [0.29, 0.717) is 18.3 Å². The highest BCUT2D eigenvalue weighted by molar-refractivity contribution is 4.81. The molecule has 0 amide bonds. The maximum Gasteiger partial charge on any atom is 0.240 e. The Bertz CT molecular complexity index is 320. The molecular weight excluding hydrogens is 216 g/mol. The second-order valence-electron chi connectivity index (χ2n) is 4.75. The second kappa shape index (κ2) is 6.71. The standard InChI is InChI=1S/C12H22N4O/c1-10-15-12(17-16-10)9-14-6-2-3-11-4-7-13-8-5-11/h11,13-14H,2-9H2,1H3. The topological polar surface area (TPSA) is 63.0 Å². The fraction of sp³-hybridized carbons (Fsp3) is 0.833. The van der Waals surface area contributed by atoms with Gasteiger partial charge in [-0.15, -0.1) is 0 Å². The molecule has 0 unspecified atom stereocenters. The molecule has 1 saturated heterocycles. The van der Waals surface area contributed by atoms with Crippen molar-refractivity contribution in [2.45, 2.75) is 39.2 Å². The van der Waals surface area contributed by atoms with Crippen molar-refractivity contribution >= 4 is 0 Å². The Hall–Kier alpha value is -0.940. The third kappa shape index (κ3) is 4.44. The number of hydrogen-bond donors (Lipinski definition) is 2. The first-order valence-corrected chi connectivity index (χ1v) is 6.55. The predicted octanol–water partition coefficient (Wildman–Crippen LogP) is 1.25. The van der Waals surface area contributed by atoms with Crippen LogP contribution in [-0.4, -0.2) is 29.8 Å². The van der Waals surface area contributed by atoms with E-state index in [1.807, 2.05) is 6.92 Å². The molecule has 0 bridgehead atoms. The van der Waals surface area contributed by atoms with Gasteiger partial charge in [0.2, 0.25) is 5.89 Å². The molecule has 0 aromatic carbocycles. The fourth-order valence-corrected chi connectivity index (χ4v) is 2.29. The normalized spacial score (nSPS) is 17.5. The second-order valence-corrected chi connectivity index (χ2v) is 4.75. The summed E-state index contributed by atoms with van der Waals surface area (Å²) in [5, 5.41) is 10.5. The van der Waals surface area contributed by atoms with Gasteiger partial charge in [0.1, 0.15) is 0 Å². The molecule has 96 valence electrons. The highest BCUT2D eigenvalue weighted by atomic mass is 16.5. The summed E-state index contributed by atoms with van der Waals surface area (Å²) in [6.07, 6.45) is 5.24. The van der Waals surface area contributed by atoms with Crippen molar-refractivity contribution in [3.8, 4) is 0 Å². The van der Waals surface area contributed by atoms with E-state index in [1.165, 1.54) is 38.8 Å². The van der Waals surface area contributed by atoms with E-state index in [-0.39, 0.29) is 0 Å². The molecule has 2 rings (SSSR count). The Morgan fingerprint density at radius 1 is 1.41 bits per heavy atom. The fourth-order valence-electron chi connectivity index (χ4n) is 2.29. The molecule has 1 aliphatic heterocycles. The van der Waals surface area contributed by atoms with Gasteiger partial charge >= 0.3 is 0 Å². The van der Waals surface area contributed by atoms with Crippen molar-refractivity contribution in [2.75, 3.05) is 19.6 Å². The van der Waals surface area contributed by atoms with Crippen molar-refractivity contribution in [3.05, 3.63) is 11.7 Å². The molecule has 5 nitrogen and oxygen atoms in total. The lowest BCUT2D eigenvalue weighted by Crippen LogP contribution is -2.28. The summed E-state index contributed by atoms with van der Waals surface area (Å²) < 4.78 is 5.03. The van der Waals surface area contributed by atoms with Crippen LogP contribution in [0, 0.1) is 12.8 Å². The molecule has 0 saturated carbocycles. The van der Waals surface area contributed by atoms with Crippen molar-refractivity contribution in [2.24, 2.45) is 5.92 Å². The summed E-state index contributed by atoms with van der Waals surface area (Å²) in [5.74, 6) is 2.31. The van der Waals surface area contributed by atoms with Crippen LogP contribution < -0.4 is 10.6 Å². The Morgan fingerprint density at radius 3 is 2.94 bits per heavy atom. The van der Waals surface area contributed by atoms with E-state index in [9.17, 15) is 0 Å². The summed E-state index contributed by atoms with van der Waals surface area (Å²) in [7, 11) is 0. The van der Waals surface area contributed by atoms with Crippen LogP contribution in [0.3, 0.4) is 0 Å². The number of aryl methyl sites for hydroxylation is 1. The number of hydrogen-bond acceptors (Lipinski definition) is 5. The highest BCUT2D eigenvalue weighted by Crippen LogP contribution is 2.17. The van der Waals surface area contributed by atoms with Crippen molar-refractivity contribution in [3.63, 3.8) is 0 Å². The van der Waals surface area contributed by atoms with E-state index in [2.05, 4.69) is 20.8 Å². The molecule has 1 fully saturated rings. The Labute approximate surface area is 102 Å². The van der Waals surface area contributed by atoms with Crippen molar-refractivity contribution < 1.29 is 4.52 Å². The van der Waals surface area contributed by atoms with E-state index < -0.39 is 0 Å². The third-order valence-electron chi connectivity index (χ3n) is 3.27. The monoisotopic (exact) mass is 238 g/mol. The van der Waals surface area contributed by atoms with E-state index in [0.717, 1.165) is 12.5 Å². The smallest absolute Gasteiger partial charge is 0.240 e. The molecule has 17 heavy (non-hydrogen) atoms. The van der Waals surface area contributed by atoms with Gasteiger partial charge in [-0.05, 0) is 58.2 Å². The van der Waals surface area contributed by atoms with Gasteiger partial charge in [0.25, 0.3) is 0 Å². The Morgan fingerprint density at radius 2 is 2.24 bits per heavy atom. The van der Waals surface area contributed by atoms with Crippen molar-refractivity contribution in [1.82, 2.24) is 20.8 Å². The molecule has 1 aliphatic rings. The zero-order chi connectivity index (χ0) is 11.9. The lowest BCUT2D eigenvalue weighted by molar-refractivity contribution is 0.338. The minimum Gasteiger partial charge on any atom is -0.338 e. The first-order valence-electron chi connectivity index (χ1n) is 6.55. The third-order valence-corrected chi connectivity index (χ3v) is 3.27. The predicted molar refractivity (Wildman–Crippen MR) is 65.6 cm³/mol. The summed E-state index contributed by atoms with van der Waals surface area (Å²) in [5.41, 5.74) is 0. The van der Waals surface area contributed by atoms with Gasteiger partial charge in [0.15, 0.2) is 5.82 Å². The van der Waals surface area contributed by atoms with Crippen LogP contribution in [0.2, 0.25) is 0 Å². The lowest BCUT2D eigenvalue weighted by atomic mass is 9.93. The van der Waals surface area contributed by atoms with Gasteiger partial charge in [-0.3, -0.25) is 0 Å². The summed E-state index contributed by atoms with van der Waals surface area (Å²) >= 11 is 0. The van der Waals surface area contributed by atoms with E-state index >= 15 is 0 Å².